The SMILES string of the molecule is C=C/C(=C\C(=C/C)C(=C)/C=c1/c(-c2cc3c(-c4cccc(F)c4)cncc3[nH]2)n[nH]/c1=C/C)CNCc1ccccc1. The third kappa shape index (κ3) is 6.29. The number of benzene rings is 2. The molecule has 42 heavy (non-hydrogen) atoms. The van der Waals surface area contributed by atoms with Crippen LogP contribution in [-0.4, -0.2) is 26.7 Å². The zero-order valence-electron chi connectivity index (χ0n) is 23.9. The molecule has 3 N–H and O–H groups in total. The Morgan fingerprint density at radius 1 is 1.05 bits per heavy atom. The van der Waals surface area contributed by atoms with Crippen molar-refractivity contribution in [2.24, 2.45) is 0 Å². The molecule has 5 aromatic rings. The fourth-order valence-electron chi connectivity index (χ4n) is 4.95. The van der Waals surface area contributed by atoms with Crippen LogP contribution in [0.4, 0.5) is 4.39 Å². The molecule has 0 unspecified atom stereocenters. The van der Waals surface area contributed by atoms with E-state index in [4.69, 9.17) is 0 Å². The van der Waals surface area contributed by atoms with E-state index >= 15 is 0 Å². The molecule has 0 aliphatic heterocycles. The zero-order valence-corrected chi connectivity index (χ0v) is 23.9. The number of fused-ring (bicyclic) bond motifs is 1. The van der Waals surface area contributed by atoms with E-state index in [1.54, 1.807) is 18.5 Å². The fraction of sp³-hybridized carbons (Fsp3) is 0.111. The van der Waals surface area contributed by atoms with Crippen molar-refractivity contribution in [2.75, 3.05) is 6.54 Å². The number of hydrogen-bond acceptors (Lipinski definition) is 3. The Balaban J connectivity index is 1.46. The summed E-state index contributed by atoms with van der Waals surface area (Å²) in [7, 11) is 0. The number of halogens is 1. The van der Waals surface area contributed by atoms with Crippen molar-refractivity contribution in [3.05, 3.63) is 143 Å². The van der Waals surface area contributed by atoms with Crippen molar-refractivity contribution in [3.63, 3.8) is 0 Å². The van der Waals surface area contributed by atoms with E-state index < -0.39 is 0 Å². The minimum atomic E-state index is -0.286. The van der Waals surface area contributed by atoms with Crippen LogP contribution in [0, 0.1) is 5.82 Å². The number of H-pyrrole nitrogens is 2. The lowest BCUT2D eigenvalue weighted by Crippen LogP contribution is -2.23. The Labute approximate surface area is 245 Å². The third-order valence-electron chi connectivity index (χ3n) is 7.16. The van der Waals surface area contributed by atoms with E-state index in [9.17, 15) is 4.39 Å². The number of aromatic amines is 2. The maximum atomic E-state index is 14.0. The molecule has 0 amide bonds. The summed E-state index contributed by atoms with van der Waals surface area (Å²) in [5.74, 6) is -0.286. The molecule has 0 fully saturated rings. The van der Waals surface area contributed by atoms with E-state index in [0.717, 1.165) is 67.2 Å². The zero-order chi connectivity index (χ0) is 29.5. The summed E-state index contributed by atoms with van der Waals surface area (Å²) in [6, 6.07) is 18.9. The summed E-state index contributed by atoms with van der Waals surface area (Å²) in [5.41, 5.74) is 8.20. The van der Waals surface area contributed by atoms with Crippen LogP contribution in [0.15, 0.2) is 121 Å². The van der Waals surface area contributed by atoms with Gasteiger partial charge in [0.25, 0.3) is 0 Å². The van der Waals surface area contributed by atoms with Gasteiger partial charge in [-0.15, -0.1) is 0 Å². The van der Waals surface area contributed by atoms with Crippen LogP contribution >= 0.6 is 0 Å². The topological polar surface area (TPSA) is 69.4 Å². The van der Waals surface area contributed by atoms with E-state index in [-0.39, 0.29) is 5.82 Å². The molecule has 3 aromatic heterocycles. The Kier molecular flexibility index (Phi) is 8.85. The van der Waals surface area contributed by atoms with E-state index in [0.29, 0.717) is 6.54 Å². The maximum absolute atomic E-state index is 14.0. The molecule has 0 bridgehead atoms. The van der Waals surface area contributed by atoms with E-state index in [1.807, 2.05) is 56.3 Å². The van der Waals surface area contributed by atoms with Crippen LogP contribution in [0.1, 0.15) is 19.4 Å². The van der Waals surface area contributed by atoms with E-state index in [2.05, 4.69) is 69.0 Å². The normalized spacial score (nSPS) is 13.2. The smallest absolute Gasteiger partial charge is 0.123 e. The highest BCUT2D eigenvalue weighted by Crippen LogP contribution is 2.30. The minimum absolute atomic E-state index is 0.286. The van der Waals surface area contributed by atoms with Gasteiger partial charge in [-0.2, -0.15) is 5.10 Å². The number of rotatable bonds is 10. The van der Waals surface area contributed by atoms with Gasteiger partial charge < -0.3 is 10.3 Å². The lowest BCUT2D eigenvalue weighted by Gasteiger charge is -2.08. The molecular formula is C36H34FN5. The predicted molar refractivity (Wildman–Crippen MR) is 172 cm³/mol. The largest absolute Gasteiger partial charge is 0.352 e. The number of aromatic nitrogens is 4. The van der Waals surface area contributed by atoms with Crippen molar-refractivity contribution in [2.45, 2.75) is 20.4 Å². The number of nitrogens with one attached hydrogen (secondary N) is 3. The van der Waals surface area contributed by atoms with Crippen LogP contribution in [0.2, 0.25) is 0 Å². The molecule has 0 atom stereocenters. The van der Waals surface area contributed by atoms with Crippen molar-refractivity contribution < 1.29 is 4.39 Å². The minimum Gasteiger partial charge on any atom is -0.352 e. The standard InChI is InChI=1S/C36H34FN5/c1-5-25(20-38-21-26-12-9-8-10-13-26)17-27(6-2)24(4)16-31-33(7-3)41-42-36(31)34-19-30-32(22-39-23-35(30)40-34)28-14-11-15-29(37)18-28/h5-19,22-23,38,40-41H,1,4,20-21H2,2-3H3/b25-17+,27-6+,31-16+,33-7+. The van der Waals surface area contributed by atoms with Gasteiger partial charge in [0.15, 0.2) is 0 Å². The molecule has 0 saturated carbocycles. The lowest BCUT2D eigenvalue weighted by molar-refractivity contribution is 0.628. The van der Waals surface area contributed by atoms with Crippen LogP contribution in [0.25, 0.3) is 45.6 Å². The molecule has 0 aliphatic carbocycles. The molecule has 6 heteroatoms. The number of allylic oxidation sites excluding steroid dienone is 4. The highest BCUT2D eigenvalue weighted by atomic mass is 19.1. The Hall–Kier alpha value is -5.07. The highest BCUT2D eigenvalue weighted by Gasteiger charge is 2.13. The van der Waals surface area contributed by atoms with Gasteiger partial charge in [-0.25, -0.2) is 4.39 Å². The van der Waals surface area contributed by atoms with Crippen molar-refractivity contribution >= 4 is 23.1 Å². The van der Waals surface area contributed by atoms with Gasteiger partial charge in [0, 0.05) is 35.5 Å². The molecule has 3 heterocycles. The van der Waals surface area contributed by atoms with Crippen molar-refractivity contribution in [1.82, 2.24) is 25.5 Å². The van der Waals surface area contributed by atoms with Gasteiger partial charge in [0.1, 0.15) is 11.5 Å². The summed E-state index contributed by atoms with van der Waals surface area (Å²) < 4.78 is 14.0. The molecule has 0 aliphatic rings. The van der Waals surface area contributed by atoms with Gasteiger partial charge >= 0.3 is 0 Å². The summed E-state index contributed by atoms with van der Waals surface area (Å²) in [4.78, 5) is 7.85. The van der Waals surface area contributed by atoms with Gasteiger partial charge in [0.2, 0.25) is 0 Å². The highest BCUT2D eigenvalue weighted by molar-refractivity contribution is 5.97. The second-order valence-electron chi connectivity index (χ2n) is 9.96. The predicted octanol–water partition coefficient (Wildman–Crippen LogP) is 6.74. The first-order valence-corrected chi connectivity index (χ1v) is 13.9. The quantitative estimate of drug-likeness (QED) is 0.167. The summed E-state index contributed by atoms with van der Waals surface area (Å²) in [6.07, 6.45) is 13.6. The lowest BCUT2D eigenvalue weighted by atomic mass is 10.0. The molecule has 5 rings (SSSR count). The summed E-state index contributed by atoms with van der Waals surface area (Å²) in [5, 5.41) is 14.0. The summed E-state index contributed by atoms with van der Waals surface area (Å²) in [6.45, 7) is 13.9. The van der Waals surface area contributed by atoms with Gasteiger partial charge in [-0.3, -0.25) is 10.1 Å². The molecule has 5 nitrogen and oxygen atoms in total. The first-order valence-electron chi connectivity index (χ1n) is 13.9. The van der Waals surface area contributed by atoms with Crippen molar-refractivity contribution in [3.8, 4) is 22.5 Å². The number of nitrogens with zero attached hydrogens (tertiary/aromatic N) is 2. The monoisotopic (exact) mass is 555 g/mol. The van der Waals surface area contributed by atoms with Crippen molar-refractivity contribution in [1.29, 1.82) is 0 Å². The fourth-order valence-corrected chi connectivity index (χ4v) is 4.95. The van der Waals surface area contributed by atoms with Crippen LogP contribution in [-0.2, 0) is 6.54 Å². The maximum Gasteiger partial charge on any atom is 0.123 e. The second-order valence-corrected chi connectivity index (χ2v) is 9.96. The number of pyridine rings is 1. The molecule has 0 radical (unpaired) electrons. The van der Waals surface area contributed by atoms with E-state index in [1.165, 1.54) is 17.7 Å². The average molecular weight is 556 g/mol. The first-order chi connectivity index (χ1) is 20.5. The molecule has 210 valence electrons. The third-order valence-corrected chi connectivity index (χ3v) is 7.16. The Morgan fingerprint density at radius 3 is 2.62 bits per heavy atom. The Bertz CT molecular complexity index is 1920. The van der Waals surface area contributed by atoms with Gasteiger partial charge in [0.05, 0.1) is 22.8 Å². The average Bonchev–Trinajstić information content (AvgIpc) is 3.63. The van der Waals surface area contributed by atoms with Crippen LogP contribution in [0.5, 0.6) is 0 Å². The molecule has 2 aromatic carbocycles. The Morgan fingerprint density at radius 2 is 1.88 bits per heavy atom. The van der Waals surface area contributed by atoms with Gasteiger partial charge in [-0.1, -0.05) is 79.9 Å². The van der Waals surface area contributed by atoms with Crippen LogP contribution in [0.3, 0.4) is 0 Å². The second kappa shape index (κ2) is 13.1. The molecular weight excluding hydrogens is 521 g/mol. The molecule has 0 spiro atoms. The summed E-state index contributed by atoms with van der Waals surface area (Å²) >= 11 is 0. The number of hydrogen-bond donors (Lipinski definition) is 3. The first kappa shape index (κ1) is 28.5. The van der Waals surface area contributed by atoms with Gasteiger partial charge in [-0.05, 0) is 66.0 Å². The van der Waals surface area contributed by atoms with Crippen LogP contribution < -0.4 is 15.9 Å². The molecule has 0 saturated heterocycles.